The summed E-state index contributed by atoms with van der Waals surface area (Å²) in [6, 6.07) is 3.13. The van der Waals surface area contributed by atoms with Crippen LogP contribution in [0, 0.1) is 29.1 Å². The molecule has 2 heteroatoms. The van der Waals surface area contributed by atoms with Gasteiger partial charge in [-0.2, -0.15) is 0 Å². The van der Waals surface area contributed by atoms with Gasteiger partial charge in [-0.1, -0.05) is 77.4 Å². The maximum atomic E-state index is 2.86. The van der Waals surface area contributed by atoms with Gasteiger partial charge in [-0.05, 0) is 35.5 Å². The molecule has 0 amide bonds. The summed E-state index contributed by atoms with van der Waals surface area (Å²) in [5, 5.41) is 0. The Morgan fingerprint density at radius 2 is 1.75 bits per heavy atom. The van der Waals surface area contributed by atoms with E-state index < -0.39 is 8.07 Å². The molecule has 2 bridgehead atoms. The summed E-state index contributed by atoms with van der Waals surface area (Å²) in [4.78, 5) is 0. The van der Waals surface area contributed by atoms with E-state index in [0.717, 1.165) is 35.3 Å². The van der Waals surface area contributed by atoms with Gasteiger partial charge in [0.2, 0.25) is 0 Å². The van der Waals surface area contributed by atoms with Crippen LogP contribution in [0.4, 0.5) is 0 Å². The van der Waals surface area contributed by atoms with Crippen LogP contribution < -0.4 is 0 Å². The van der Waals surface area contributed by atoms with E-state index >= 15 is 0 Å². The van der Waals surface area contributed by atoms with Crippen LogP contribution in [-0.4, -0.2) is 15.4 Å². The summed E-state index contributed by atoms with van der Waals surface area (Å²) in [6.45, 7) is 15.4. The van der Waals surface area contributed by atoms with Crippen molar-refractivity contribution >= 4 is 15.4 Å². The second-order valence-electron chi connectivity index (χ2n) is 9.86. The summed E-state index contributed by atoms with van der Waals surface area (Å²) in [7, 11) is 1.99. The Kier molecular flexibility index (Phi) is 3.72. The topological polar surface area (TPSA) is 0 Å². The van der Waals surface area contributed by atoms with Gasteiger partial charge < -0.3 is 0 Å². The molecule has 0 nitrogen and oxygen atoms in total. The Bertz CT molecular complexity index is 376. The summed E-state index contributed by atoms with van der Waals surface area (Å²) in [5.41, 5.74) is 0.649. The van der Waals surface area contributed by atoms with Crippen molar-refractivity contribution in [3.63, 3.8) is 0 Å². The Balaban J connectivity index is 1.64. The van der Waals surface area contributed by atoms with Crippen molar-refractivity contribution in [1.29, 1.82) is 0 Å². The summed E-state index contributed by atoms with van der Waals surface area (Å²) >= 11 is 0. The van der Waals surface area contributed by atoms with Crippen LogP contribution in [0.1, 0.15) is 47.0 Å². The van der Waals surface area contributed by atoms with Gasteiger partial charge in [0.15, 0.2) is 0 Å². The van der Waals surface area contributed by atoms with E-state index in [9.17, 15) is 0 Å². The molecule has 3 saturated carbocycles. The minimum absolute atomic E-state index is 0.649. The summed E-state index contributed by atoms with van der Waals surface area (Å²) in [5.74, 6) is 5.80. The third kappa shape index (κ3) is 2.44. The van der Waals surface area contributed by atoms with Gasteiger partial charge in [0.1, 0.15) is 7.28 Å². The predicted octanol–water partition coefficient (Wildman–Crippen LogP) is 5.72. The van der Waals surface area contributed by atoms with Crippen LogP contribution >= 0.6 is 0 Å². The minimum Gasteiger partial charge on any atom is -0.0694 e. The van der Waals surface area contributed by atoms with Gasteiger partial charge >= 0.3 is 0 Å². The average Bonchev–Trinajstić information content (AvgIpc) is 2.35. The zero-order chi connectivity index (χ0) is 14.7. The first kappa shape index (κ1) is 15.2. The molecule has 113 valence electrons. The molecule has 4 rings (SSSR count). The lowest BCUT2D eigenvalue weighted by atomic mass is 9.35. The molecule has 0 aromatic heterocycles. The molecule has 1 radical (unpaired) electrons. The van der Waals surface area contributed by atoms with Crippen LogP contribution in [0.15, 0.2) is 0 Å². The highest BCUT2D eigenvalue weighted by Crippen LogP contribution is 2.65. The molecule has 1 heterocycles. The number of fused-ring (bicyclic) bond motifs is 2. The van der Waals surface area contributed by atoms with Crippen LogP contribution in [-0.2, 0) is 0 Å². The fourth-order valence-corrected chi connectivity index (χ4v) is 9.05. The van der Waals surface area contributed by atoms with Crippen molar-refractivity contribution in [3.05, 3.63) is 0 Å². The van der Waals surface area contributed by atoms with Crippen molar-refractivity contribution in [2.24, 2.45) is 29.1 Å². The monoisotopic (exact) mass is 289 g/mol. The number of hydrogen-bond acceptors (Lipinski definition) is 0. The lowest BCUT2D eigenvalue weighted by Crippen LogP contribution is -2.54. The van der Waals surface area contributed by atoms with E-state index in [4.69, 9.17) is 0 Å². The zero-order valence-electron chi connectivity index (χ0n) is 14.6. The van der Waals surface area contributed by atoms with E-state index in [0.29, 0.717) is 5.41 Å². The Labute approximate surface area is 128 Å². The highest BCUT2D eigenvalue weighted by Gasteiger charge is 2.56. The summed E-state index contributed by atoms with van der Waals surface area (Å²) < 4.78 is 0. The second kappa shape index (κ2) is 4.90. The molecule has 1 aliphatic heterocycles. The van der Waals surface area contributed by atoms with Gasteiger partial charge in [-0.3, -0.25) is 0 Å². The van der Waals surface area contributed by atoms with E-state index in [-0.39, 0.29) is 0 Å². The number of hydrogen-bond donors (Lipinski definition) is 0. The molecule has 4 unspecified atom stereocenters. The van der Waals surface area contributed by atoms with Crippen molar-refractivity contribution in [2.45, 2.75) is 83.8 Å². The van der Waals surface area contributed by atoms with Gasteiger partial charge in [0, 0.05) is 8.07 Å². The molecule has 0 aromatic carbocycles. The standard InChI is InChI=1S/C18H34BSi/c1-12-7-8-20(5,6)11-17(12)19-16-10-14-9-15(13(16)2)18(14,3)4/h12-17H,7-11H2,1-6H3/t12-,13?,14?,15?,16?,17-/m0/s1. The summed E-state index contributed by atoms with van der Waals surface area (Å²) in [6.07, 6.45) is 4.52. The highest BCUT2D eigenvalue weighted by molar-refractivity contribution is 6.78. The van der Waals surface area contributed by atoms with Crippen LogP contribution in [0.25, 0.3) is 0 Å². The smallest absolute Gasteiger partial charge is 0.0694 e. The molecule has 0 spiro atoms. The quantitative estimate of drug-likeness (QED) is 0.570. The van der Waals surface area contributed by atoms with Crippen LogP contribution in [0.2, 0.25) is 36.8 Å². The number of rotatable bonds is 2. The van der Waals surface area contributed by atoms with Gasteiger partial charge in [-0.25, -0.2) is 0 Å². The maximum Gasteiger partial charge on any atom is 0.118 e. The van der Waals surface area contributed by atoms with E-state index in [2.05, 4.69) is 48.1 Å². The fourth-order valence-electron chi connectivity index (χ4n) is 5.79. The minimum atomic E-state index is -0.867. The Hall–Kier alpha value is 0.282. The van der Waals surface area contributed by atoms with Gasteiger partial charge in [0.05, 0.1) is 0 Å². The first-order valence-electron chi connectivity index (χ1n) is 9.06. The predicted molar refractivity (Wildman–Crippen MR) is 93.3 cm³/mol. The second-order valence-corrected chi connectivity index (χ2v) is 15.1. The molecule has 4 fully saturated rings. The third-order valence-corrected chi connectivity index (χ3v) is 10.9. The third-order valence-electron chi connectivity index (χ3n) is 7.70. The molecule has 6 atom stereocenters. The van der Waals surface area contributed by atoms with Gasteiger partial charge in [-0.15, -0.1) is 0 Å². The van der Waals surface area contributed by atoms with Crippen molar-refractivity contribution in [1.82, 2.24) is 0 Å². The molecule has 4 aliphatic rings. The molecule has 3 aliphatic carbocycles. The van der Waals surface area contributed by atoms with Gasteiger partial charge in [0.25, 0.3) is 0 Å². The molecular formula is C18H34BSi. The average molecular weight is 289 g/mol. The Morgan fingerprint density at radius 3 is 2.35 bits per heavy atom. The highest BCUT2D eigenvalue weighted by atomic mass is 28.3. The molecule has 1 saturated heterocycles. The molecular weight excluding hydrogens is 255 g/mol. The van der Waals surface area contributed by atoms with E-state index in [1.165, 1.54) is 19.3 Å². The lowest BCUT2D eigenvalue weighted by Gasteiger charge is -2.63. The van der Waals surface area contributed by atoms with Crippen molar-refractivity contribution in [3.8, 4) is 0 Å². The molecule has 0 aromatic rings. The zero-order valence-corrected chi connectivity index (χ0v) is 15.6. The largest absolute Gasteiger partial charge is 0.118 e. The van der Waals surface area contributed by atoms with Crippen molar-refractivity contribution < 1.29 is 0 Å². The normalized spacial score (nSPS) is 49.3. The SMILES string of the molecule is CC1C([B][C@H]2C[Si](C)(C)CC[C@@H]2C)CC2CC1C2(C)C. The van der Waals surface area contributed by atoms with Crippen LogP contribution in [0.5, 0.6) is 0 Å². The van der Waals surface area contributed by atoms with Crippen molar-refractivity contribution in [2.75, 3.05) is 0 Å². The lowest BCUT2D eigenvalue weighted by molar-refractivity contribution is -0.0987. The van der Waals surface area contributed by atoms with E-state index in [1.807, 2.05) is 0 Å². The molecule has 0 N–H and O–H groups in total. The fraction of sp³-hybridized carbons (Fsp3) is 1.00. The Morgan fingerprint density at radius 1 is 1.05 bits per heavy atom. The maximum absolute atomic E-state index is 2.86. The molecule has 20 heavy (non-hydrogen) atoms. The first-order valence-corrected chi connectivity index (χ1v) is 12.5. The van der Waals surface area contributed by atoms with E-state index in [1.54, 1.807) is 12.1 Å². The first-order chi connectivity index (χ1) is 9.21. The van der Waals surface area contributed by atoms with Crippen LogP contribution in [0.3, 0.4) is 0 Å².